The molecule has 0 aliphatic carbocycles. The van der Waals surface area contributed by atoms with E-state index in [1.807, 2.05) is 24.3 Å². The third kappa shape index (κ3) is 4.51. The average molecular weight is 389 g/mol. The van der Waals surface area contributed by atoms with Gasteiger partial charge in [-0.1, -0.05) is 15.9 Å². The molecule has 0 aliphatic rings. The first kappa shape index (κ1) is 14.3. The minimum atomic E-state index is -0.306. The molecule has 0 bridgehead atoms. The lowest BCUT2D eigenvalue weighted by molar-refractivity contribution is 0.329. The van der Waals surface area contributed by atoms with E-state index in [4.69, 9.17) is 4.74 Å². The van der Waals surface area contributed by atoms with Gasteiger partial charge >= 0.3 is 0 Å². The summed E-state index contributed by atoms with van der Waals surface area (Å²) in [5, 5.41) is 3.22. The number of hydrogen-bond acceptors (Lipinski definition) is 2. The first-order valence-electron chi connectivity index (χ1n) is 5.72. The predicted molar refractivity (Wildman–Crippen MR) is 82.2 cm³/mol. The summed E-state index contributed by atoms with van der Waals surface area (Å²) in [6.45, 7) is 1.10. The van der Waals surface area contributed by atoms with Crippen LogP contribution in [0.15, 0.2) is 51.4 Å². The summed E-state index contributed by atoms with van der Waals surface area (Å²) in [6, 6.07) is 12.3. The highest BCUT2D eigenvalue weighted by molar-refractivity contribution is 9.10. The maximum absolute atomic E-state index is 13.0. The van der Waals surface area contributed by atoms with Gasteiger partial charge in [-0.25, -0.2) is 4.39 Å². The fraction of sp³-hybridized carbons (Fsp3) is 0.143. The van der Waals surface area contributed by atoms with Crippen LogP contribution >= 0.6 is 31.9 Å². The molecule has 5 heteroatoms. The molecule has 0 aliphatic heterocycles. The Bertz CT molecular complexity index is 546. The first-order chi connectivity index (χ1) is 9.15. The molecule has 2 rings (SSSR count). The van der Waals surface area contributed by atoms with E-state index in [-0.39, 0.29) is 5.82 Å². The van der Waals surface area contributed by atoms with E-state index in [0.29, 0.717) is 18.9 Å². The molecule has 100 valence electrons. The van der Waals surface area contributed by atoms with Gasteiger partial charge in [-0.3, -0.25) is 0 Å². The van der Waals surface area contributed by atoms with E-state index in [1.165, 1.54) is 12.1 Å². The number of nitrogens with one attached hydrogen (secondary N) is 1. The van der Waals surface area contributed by atoms with Crippen LogP contribution in [0.4, 0.5) is 10.1 Å². The third-order valence-corrected chi connectivity index (χ3v) is 3.61. The quantitative estimate of drug-likeness (QED) is 0.740. The highest BCUT2D eigenvalue weighted by Gasteiger charge is 2.02. The second-order valence-electron chi connectivity index (χ2n) is 3.86. The van der Waals surface area contributed by atoms with Crippen LogP contribution in [0.5, 0.6) is 5.75 Å². The topological polar surface area (TPSA) is 21.3 Å². The van der Waals surface area contributed by atoms with Gasteiger partial charge in [0.05, 0.1) is 4.47 Å². The molecule has 0 saturated carbocycles. The molecular formula is C14H12Br2FNO. The van der Waals surface area contributed by atoms with Gasteiger partial charge in [-0.2, -0.15) is 0 Å². The Kier molecular flexibility index (Phi) is 5.22. The van der Waals surface area contributed by atoms with Crippen molar-refractivity contribution in [2.24, 2.45) is 0 Å². The summed E-state index contributed by atoms with van der Waals surface area (Å²) >= 11 is 6.70. The molecular weight excluding hydrogens is 377 g/mol. The number of rotatable bonds is 5. The molecule has 0 aromatic heterocycles. The van der Waals surface area contributed by atoms with Gasteiger partial charge in [0.25, 0.3) is 0 Å². The fourth-order valence-corrected chi connectivity index (χ4v) is 2.14. The molecule has 0 unspecified atom stereocenters. The zero-order valence-corrected chi connectivity index (χ0v) is 13.2. The van der Waals surface area contributed by atoms with Gasteiger partial charge in [0.1, 0.15) is 18.2 Å². The largest absolute Gasteiger partial charge is 0.490 e. The van der Waals surface area contributed by atoms with Crippen molar-refractivity contribution in [1.29, 1.82) is 0 Å². The summed E-state index contributed by atoms with van der Waals surface area (Å²) in [6.07, 6.45) is 0. The third-order valence-electron chi connectivity index (χ3n) is 2.43. The average Bonchev–Trinajstić information content (AvgIpc) is 2.40. The Hall–Kier alpha value is -1.07. The molecule has 2 aromatic rings. The second kappa shape index (κ2) is 6.91. The number of anilines is 1. The van der Waals surface area contributed by atoms with Crippen molar-refractivity contribution in [2.75, 3.05) is 18.5 Å². The van der Waals surface area contributed by atoms with Gasteiger partial charge in [-0.05, 0) is 52.3 Å². The van der Waals surface area contributed by atoms with Gasteiger partial charge in [-0.15, -0.1) is 0 Å². The second-order valence-corrected chi connectivity index (χ2v) is 5.63. The smallest absolute Gasteiger partial charge is 0.136 e. The Morgan fingerprint density at radius 2 is 1.79 bits per heavy atom. The lowest BCUT2D eigenvalue weighted by Crippen LogP contribution is -2.11. The number of benzene rings is 2. The molecule has 0 spiro atoms. The van der Waals surface area contributed by atoms with Crippen molar-refractivity contribution < 1.29 is 9.13 Å². The molecule has 0 radical (unpaired) electrons. The van der Waals surface area contributed by atoms with Crippen LogP contribution in [0.25, 0.3) is 0 Å². The van der Waals surface area contributed by atoms with Crippen molar-refractivity contribution in [3.05, 3.63) is 57.2 Å². The maximum atomic E-state index is 13.0. The van der Waals surface area contributed by atoms with Crippen molar-refractivity contribution >= 4 is 37.5 Å². The van der Waals surface area contributed by atoms with Gasteiger partial charge in [0.15, 0.2) is 0 Å². The van der Waals surface area contributed by atoms with E-state index in [0.717, 1.165) is 14.6 Å². The monoisotopic (exact) mass is 387 g/mol. The summed E-state index contributed by atoms with van der Waals surface area (Å²) in [5.41, 5.74) is 1.02. The zero-order valence-electron chi connectivity index (χ0n) is 10.00. The van der Waals surface area contributed by atoms with Crippen molar-refractivity contribution in [1.82, 2.24) is 0 Å². The van der Waals surface area contributed by atoms with Crippen molar-refractivity contribution in [2.45, 2.75) is 0 Å². The summed E-state index contributed by atoms with van der Waals surface area (Å²) in [4.78, 5) is 0. The van der Waals surface area contributed by atoms with Crippen molar-refractivity contribution in [3.63, 3.8) is 0 Å². The summed E-state index contributed by atoms with van der Waals surface area (Å²) in [5.74, 6) is 0.205. The summed E-state index contributed by atoms with van der Waals surface area (Å²) in [7, 11) is 0. The van der Waals surface area contributed by atoms with E-state index in [1.54, 1.807) is 6.07 Å². The highest BCUT2D eigenvalue weighted by atomic mass is 79.9. The van der Waals surface area contributed by atoms with E-state index in [2.05, 4.69) is 37.2 Å². The van der Waals surface area contributed by atoms with Crippen molar-refractivity contribution in [3.8, 4) is 5.75 Å². The normalized spacial score (nSPS) is 10.3. The Labute approximate surface area is 128 Å². The maximum Gasteiger partial charge on any atom is 0.136 e. The Morgan fingerprint density at radius 1 is 1.05 bits per heavy atom. The molecule has 0 fully saturated rings. The van der Waals surface area contributed by atoms with E-state index < -0.39 is 0 Å². The lowest BCUT2D eigenvalue weighted by atomic mass is 10.3. The highest BCUT2D eigenvalue weighted by Crippen LogP contribution is 2.25. The molecule has 2 nitrogen and oxygen atoms in total. The van der Waals surface area contributed by atoms with E-state index in [9.17, 15) is 4.39 Å². The van der Waals surface area contributed by atoms with Gasteiger partial charge in [0, 0.05) is 22.8 Å². The van der Waals surface area contributed by atoms with Gasteiger partial charge in [0.2, 0.25) is 0 Å². The number of hydrogen-bond donors (Lipinski definition) is 1. The van der Waals surface area contributed by atoms with Gasteiger partial charge < -0.3 is 10.1 Å². The molecule has 0 heterocycles. The predicted octanol–water partition coefficient (Wildman–Crippen LogP) is 4.84. The molecule has 0 atom stereocenters. The summed E-state index contributed by atoms with van der Waals surface area (Å²) < 4.78 is 20.3. The molecule has 2 aromatic carbocycles. The van der Waals surface area contributed by atoms with E-state index >= 15 is 0 Å². The standard InChI is InChI=1S/C14H12Br2FNO/c15-10-1-4-12(5-2-10)18-7-8-19-14-9-11(17)3-6-13(14)16/h1-6,9,18H,7-8H2. The van der Waals surface area contributed by atoms with Crippen LogP contribution in [0.1, 0.15) is 0 Å². The minimum Gasteiger partial charge on any atom is -0.490 e. The Morgan fingerprint density at radius 3 is 2.53 bits per heavy atom. The number of ether oxygens (including phenoxy) is 1. The molecule has 0 amide bonds. The van der Waals surface area contributed by atoms with Crippen LogP contribution in [-0.2, 0) is 0 Å². The Balaban J connectivity index is 1.80. The first-order valence-corrected chi connectivity index (χ1v) is 7.31. The van der Waals surface area contributed by atoms with Crippen LogP contribution in [0.3, 0.4) is 0 Å². The van der Waals surface area contributed by atoms with Crippen LogP contribution in [0, 0.1) is 5.82 Å². The molecule has 19 heavy (non-hydrogen) atoms. The lowest BCUT2D eigenvalue weighted by Gasteiger charge is -2.10. The fourth-order valence-electron chi connectivity index (χ4n) is 1.51. The van der Waals surface area contributed by atoms with Crippen LogP contribution in [-0.4, -0.2) is 13.2 Å². The zero-order chi connectivity index (χ0) is 13.7. The van der Waals surface area contributed by atoms with Crippen LogP contribution < -0.4 is 10.1 Å². The minimum absolute atomic E-state index is 0.306. The number of halogens is 3. The SMILES string of the molecule is Fc1ccc(Br)c(OCCNc2ccc(Br)cc2)c1. The molecule has 0 saturated heterocycles. The molecule has 1 N–H and O–H groups in total. The van der Waals surface area contributed by atoms with Crippen LogP contribution in [0.2, 0.25) is 0 Å².